The molecule has 20 heavy (non-hydrogen) atoms. The van der Waals surface area contributed by atoms with Crippen LogP contribution < -0.4 is 5.32 Å². The molecule has 3 nitrogen and oxygen atoms in total. The second-order valence-corrected chi connectivity index (χ2v) is 5.61. The summed E-state index contributed by atoms with van der Waals surface area (Å²) in [5, 5.41) is 3.70. The van der Waals surface area contributed by atoms with Crippen LogP contribution in [0.4, 0.5) is 0 Å². The molecule has 0 spiro atoms. The summed E-state index contributed by atoms with van der Waals surface area (Å²) in [6.07, 6.45) is 5.02. The standard InChI is InChI=1S/C17H31N3/c1-7-17(6,20(9-3)10-4)16(19-8-2)15-13-18-12-11-14(15)5/h11-13,16,19H,7-10H2,1-6H3. The summed E-state index contributed by atoms with van der Waals surface area (Å²) in [7, 11) is 0. The van der Waals surface area contributed by atoms with E-state index in [9.17, 15) is 0 Å². The van der Waals surface area contributed by atoms with Crippen molar-refractivity contribution in [3.63, 3.8) is 0 Å². The van der Waals surface area contributed by atoms with E-state index < -0.39 is 0 Å². The third-order valence-electron chi connectivity index (χ3n) is 4.62. The van der Waals surface area contributed by atoms with Crippen LogP contribution >= 0.6 is 0 Å². The molecular weight excluding hydrogens is 246 g/mol. The molecule has 0 radical (unpaired) electrons. The zero-order valence-electron chi connectivity index (χ0n) is 14.0. The highest BCUT2D eigenvalue weighted by molar-refractivity contribution is 5.28. The lowest BCUT2D eigenvalue weighted by Crippen LogP contribution is -2.54. The van der Waals surface area contributed by atoms with Crippen LogP contribution in [0.5, 0.6) is 0 Å². The topological polar surface area (TPSA) is 28.2 Å². The van der Waals surface area contributed by atoms with Crippen molar-refractivity contribution in [3.8, 4) is 0 Å². The Labute approximate surface area is 124 Å². The molecule has 1 heterocycles. The lowest BCUT2D eigenvalue weighted by Gasteiger charge is -2.46. The largest absolute Gasteiger partial charge is 0.309 e. The first-order valence-corrected chi connectivity index (χ1v) is 7.93. The van der Waals surface area contributed by atoms with Crippen LogP contribution in [-0.2, 0) is 0 Å². The van der Waals surface area contributed by atoms with Crippen LogP contribution in [0.2, 0.25) is 0 Å². The minimum atomic E-state index is 0.104. The van der Waals surface area contributed by atoms with Gasteiger partial charge in [0, 0.05) is 17.9 Å². The Bertz CT molecular complexity index is 401. The Balaban J connectivity index is 3.26. The molecule has 1 N–H and O–H groups in total. The normalized spacial score (nSPS) is 16.1. The Morgan fingerprint density at radius 2 is 1.90 bits per heavy atom. The van der Waals surface area contributed by atoms with E-state index in [2.05, 4.69) is 62.8 Å². The second kappa shape index (κ2) is 7.75. The first kappa shape index (κ1) is 17.1. The predicted molar refractivity (Wildman–Crippen MR) is 87.0 cm³/mol. The molecule has 0 saturated heterocycles. The average molecular weight is 277 g/mol. The highest BCUT2D eigenvalue weighted by atomic mass is 15.2. The minimum Gasteiger partial charge on any atom is -0.309 e. The van der Waals surface area contributed by atoms with E-state index in [0.717, 1.165) is 26.1 Å². The van der Waals surface area contributed by atoms with Crippen LogP contribution in [-0.4, -0.2) is 35.1 Å². The fourth-order valence-corrected chi connectivity index (χ4v) is 3.20. The highest BCUT2D eigenvalue weighted by Gasteiger charge is 2.38. The number of hydrogen-bond donors (Lipinski definition) is 1. The zero-order chi connectivity index (χ0) is 15.2. The number of pyridine rings is 1. The van der Waals surface area contributed by atoms with Crippen LogP contribution in [0.15, 0.2) is 18.5 Å². The van der Waals surface area contributed by atoms with Crippen molar-refractivity contribution in [1.82, 2.24) is 15.2 Å². The summed E-state index contributed by atoms with van der Waals surface area (Å²) in [6.45, 7) is 16.6. The maximum Gasteiger partial charge on any atom is 0.0522 e. The van der Waals surface area contributed by atoms with Gasteiger partial charge in [-0.25, -0.2) is 0 Å². The van der Waals surface area contributed by atoms with Gasteiger partial charge >= 0.3 is 0 Å². The fraction of sp³-hybridized carbons (Fsp3) is 0.706. The summed E-state index contributed by atoms with van der Waals surface area (Å²) >= 11 is 0. The molecule has 0 bridgehead atoms. The van der Waals surface area contributed by atoms with Crippen molar-refractivity contribution in [2.24, 2.45) is 0 Å². The Hall–Kier alpha value is -0.930. The van der Waals surface area contributed by atoms with Gasteiger partial charge < -0.3 is 5.32 Å². The Kier molecular flexibility index (Phi) is 6.63. The van der Waals surface area contributed by atoms with E-state index in [1.54, 1.807) is 0 Å². The molecule has 114 valence electrons. The van der Waals surface area contributed by atoms with Gasteiger partial charge in [0.2, 0.25) is 0 Å². The van der Waals surface area contributed by atoms with Gasteiger partial charge in [-0.1, -0.05) is 27.7 Å². The third kappa shape index (κ3) is 3.39. The molecule has 0 amide bonds. The van der Waals surface area contributed by atoms with E-state index in [1.165, 1.54) is 11.1 Å². The van der Waals surface area contributed by atoms with Crippen molar-refractivity contribution in [3.05, 3.63) is 29.6 Å². The number of hydrogen-bond acceptors (Lipinski definition) is 3. The van der Waals surface area contributed by atoms with Crippen molar-refractivity contribution < 1.29 is 0 Å². The molecular formula is C17H31N3. The summed E-state index contributed by atoms with van der Waals surface area (Å²) in [5.74, 6) is 0. The summed E-state index contributed by atoms with van der Waals surface area (Å²) < 4.78 is 0. The smallest absolute Gasteiger partial charge is 0.0522 e. The highest BCUT2D eigenvalue weighted by Crippen LogP contribution is 2.35. The lowest BCUT2D eigenvalue weighted by atomic mass is 9.82. The minimum absolute atomic E-state index is 0.104. The van der Waals surface area contributed by atoms with Crippen LogP contribution in [0, 0.1) is 6.92 Å². The van der Waals surface area contributed by atoms with Gasteiger partial charge in [-0.3, -0.25) is 9.88 Å². The summed E-state index contributed by atoms with van der Waals surface area (Å²) in [6, 6.07) is 2.42. The number of likely N-dealkylation sites (N-methyl/N-ethyl adjacent to an activating group) is 2. The monoisotopic (exact) mass is 277 g/mol. The molecule has 1 aromatic heterocycles. The van der Waals surface area contributed by atoms with Gasteiger partial charge in [0.1, 0.15) is 0 Å². The third-order valence-corrected chi connectivity index (χ3v) is 4.62. The van der Waals surface area contributed by atoms with Crippen LogP contribution in [0.25, 0.3) is 0 Å². The van der Waals surface area contributed by atoms with Crippen LogP contribution in [0.1, 0.15) is 58.2 Å². The molecule has 0 aliphatic rings. The van der Waals surface area contributed by atoms with Crippen molar-refractivity contribution in [2.75, 3.05) is 19.6 Å². The molecule has 3 heteroatoms. The number of aryl methyl sites for hydroxylation is 1. The number of nitrogens with zero attached hydrogens (tertiary/aromatic N) is 2. The van der Waals surface area contributed by atoms with E-state index in [4.69, 9.17) is 0 Å². The quantitative estimate of drug-likeness (QED) is 0.787. The van der Waals surface area contributed by atoms with Crippen molar-refractivity contribution >= 4 is 0 Å². The van der Waals surface area contributed by atoms with E-state index >= 15 is 0 Å². The molecule has 0 fully saturated rings. The maximum atomic E-state index is 4.35. The van der Waals surface area contributed by atoms with Gasteiger partial charge in [-0.05, 0) is 57.1 Å². The molecule has 2 atom stereocenters. The van der Waals surface area contributed by atoms with Gasteiger partial charge in [0.15, 0.2) is 0 Å². The van der Waals surface area contributed by atoms with E-state index in [0.29, 0.717) is 6.04 Å². The van der Waals surface area contributed by atoms with Gasteiger partial charge in [0.25, 0.3) is 0 Å². The first-order chi connectivity index (χ1) is 9.54. The maximum absolute atomic E-state index is 4.35. The predicted octanol–water partition coefficient (Wildman–Crippen LogP) is 3.55. The van der Waals surface area contributed by atoms with Gasteiger partial charge in [0.05, 0.1) is 6.04 Å². The fourth-order valence-electron chi connectivity index (χ4n) is 3.20. The van der Waals surface area contributed by atoms with Gasteiger partial charge in [-0.15, -0.1) is 0 Å². The number of rotatable bonds is 8. The van der Waals surface area contributed by atoms with E-state index in [1.807, 2.05) is 12.4 Å². The Morgan fingerprint density at radius 3 is 2.35 bits per heavy atom. The molecule has 0 saturated carbocycles. The van der Waals surface area contributed by atoms with Gasteiger partial charge in [-0.2, -0.15) is 0 Å². The SMILES string of the molecule is CCNC(c1cnccc1C)C(C)(CC)N(CC)CC. The molecule has 0 aromatic carbocycles. The Morgan fingerprint density at radius 1 is 1.25 bits per heavy atom. The average Bonchev–Trinajstić information content (AvgIpc) is 2.46. The number of nitrogens with one attached hydrogen (secondary N) is 1. The van der Waals surface area contributed by atoms with Crippen molar-refractivity contribution in [1.29, 1.82) is 0 Å². The second-order valence-electron chi connectivity index (χ2n) is 5.61. The summed E-state index contributed by atoms with van der Waals surface area (Å²) in [4.78, 5) is 6.91. The van der Waals surface area contributed by atoms with Crippen LogP contribution in [0.3, 0.4) is 0 Å². The van der Waals surface area contributed by atoms with Crippen molar-refractivity contribution in [2.45, 2.75) is 59.5 Å². The molecule has 0 aliphatic heterocycles. The lowest BCUT2D eigenvalue weighted by molar-refractivity contribution is 0.0701. The molecule has 2 unspecified atom stereocenters. The molecule has 0 aliphatic carbocycles. The zero-order valence-corrected chi connectivity index (χ0v) is 14.0. The first-order valence-electron chi connectivity index (χ1n) is 7.93. The van der Waals surface area contributed by atoms with E-state index in [-0.39, 0.29) is 5.54 Å². The molecule has 1 aromatic rings. The summed E-state index contributed by atoms with van der Waals surface area (Å²) in [5.41, 5.74) is 2.75. The molecule has 1 rings (SSSR count). The number of aromatic nitrogens is 1.